The summed E-state index contributed by atoms with van der Waals surface area (Å²) in [6.45, 7) is 2.82. The Labute approximate surface area is 125 Å². The van der Waals surface area contributed by atoms with Crippen LogP contribution in [0.5, 0.6) is 0 Å². The van der Waals surface area contributed by atoms with E-state index in [-0.39, 0.29) is 11.4 Å². The van der Waals surface area contributed by atoms with Crippen LogP contribution < -0.4 is 10.9 Å². The molecule has 0 radical (unpaired) electrons. The number of halogens is 3. The average molecular weight is 311 g/mol. The predicted molar refractivity (Wildman–Crippen MR) is 77.8 cm³/mol. The number of hydrogen-bond acceptors (Lipinski definition) is 3. The molecule has 22 heavy (non-hydrogen) atoms. The van der Waals surface area contributed by atoms with E-state index in [0.717, 1.165) is 17.7 Å². The molecular weight excluding hydrogens is 295 g/mol. The van der Waals surface area contributed by atoms with E-state index >= 15 is 0 Å². The summed E-state index contributed by atoms with van der Waals surface area (Å²) in [7, 11) is 0. The summed E-state index contributed by atoms with van der Waals surface area (Å²) in [5, 5.41) is 2.91. The van der Waals surface area contributed by atoms with Gasteiger partial charge in [-0.1, -0.05) is 12.1 Å². The fraction of sp³-hybridized carbons (Fsp3) is 0.333. The van der Waals surface area contributed by atoms with Crippen molar-refractivity contribution >= 4 is 5.82 Å². The molecule has 1 N–H and O–H groups in total. The largest absolute Gasteiger partial charge is 0.416 e. The Bertz CT molecular complexity index is 678. The summed E-state index contributed by atoms with van der Waals surface area (Å²) < 4.78 is 38.9. The van der Waals surface area contributed by atoms with E-state index in [1.165, 1.54) is 22.9 Å². The first-order valence-electron chi connectivity index (χ1n) is 6.87. The predicted octanol–water partition coefficient (Wildman–Crippen LogP) is 2.94. The molecule has 0 bridgehead atoms. The van der Waals surface area contributed by atoms with Gasteiger partial charge in [-0.2, -0.15) is 13.2 Å². The van der Waals surface area contributed by atoms with Crippen molar-refractivity contribution in [3.05, 3.63) is 58.1 Å². The van der Waals surface area contributed by atoms with Crippen molar-refractivity contribution in [2.45, 2.75) is 26.1 Å². The third kappa shape index (κ3) is 3.87. The van der Waals surface area contributed by atoms with Gasteiger partial charge in [0.2, 0.25) is 0 Å². The summed E-state index contributed by atoms with van der Waals surface area (Å²) in [6, 6.07) is 4.99. The number of alkyl halides is 3. The molecule has 4 nitrogen and oxygen atoms in total. The molecule has 118 valence electrons. The van der Waals surface area contributed by atoms with E-state index in [1.807, 2.05) is 6.92 Å². The fourth-order valence-corrected chi connectivity index (χ4v) is 2.00. The average Bonchev–Trinajstić information content (AvgIpc) is 2.48. The topological polar surface area (TPSA) is 46.9 Å². The standard InChI is InChI=1S/C15H16F3N3O/c1-2-21-10-9-20-13(14(21)22)19-8-7-11-3-5-12(6-4-11)15(16,17)18/h3-6,9-10H,2,7-8H2,1H3,(H,19,20). The molecule has 0 saturated heterocycles. The van der Waals surface area contributed by atoms with E-state index < -0.39 is 11.7 Å². The van der Waals surface area contributed by atoms with Crippen molar-refractivity contribution in [1.29, 1.82) is 0 Å². The maximum Gasteiger partial charge on any atom is 0.416 e. The molecule has 0 spiro atoms. The van der Waals surface area contributed by atoms with Crippen LogP contribution in [0, 0.1) is 0 Å². The number of benzene rings is 1. The summed E-state index contributed by atoms with van der Waals surface area (Å²) in [5.74, 6) is 0.247. The summed E-state index contributed by atoms with van der Waals surface area (Å²) in [4.78, 5) is 15.9. The summed E-state index contributed by atoms with van der Waals surface area (Å²) >= 11 is 0. The maximum absolute atomic E-state index is 12.5. The van der Waals surface area contributed by atoms with Gasteiger partial charge >= 0.3 is 6.18 Å². The second-order valence-electron chi connectivity index (χ2n) is 4.74. The van der Waals surface area contributed by atoms with Gasteiger partial charge in [-0.25, -0.2) is 4.98 Å². The molecule has 0 saturated carbocycles. The van der Waals surface area contributed by atoms with E-state index in [2.05, 4.69) is 10.3 Å². The van der Waals surface area contributed by atoms with Crippen molar-refractivity contribution in [3.8, 4) is 0 Å². The van der Waals surface area contributed by atoms with Crippen molar-refractivity contribution in [3.63, 3.8) is 0 Å². The van der Waals surface area contributed by atoms with E-state index in [9.17, 15) is 18.0 Å². The van der Waals surface area contributed by atoms with Crippen LogP contribution in [0.1, 0.15) is 18.1 Å². The zero-order valence-electron chi connectivity index (χ0n) is 12.0. The molecule has 0 amide bonds. The Balaban J connectivity index is 1.96. The molecule has 2 rings (SSSR count). The molecular formula is C15H16F3N3O. The minimum Gasteiger partial charge on any atom is -0.365 e. The zero-order chi connectivity index (χ0) is 16.2. The van der Waals surface area contributed by atoms with Crippen LogP contribution in [0.3, 0.4) is 0 Å². The van der Waals surface area contributed by atoms with Crippen LogP contribution in [-0.4, -0.2) is 16.1 Å². The summed E-state index contributed by atoms with van der Waals surface area (Å²) in [6.07, 6.45) is -0.689. The fourth-order valence-electron chi connectivity index (χ4n) is 2.00. The quantitative estimate of drug-likeness (QED) is 0.923. The Morgan fingerprint density at radius 1 is 1.23 bits per heavy atom. The lowest BCUT2D eigenvalue weighted by molar-refractivity contribution is -0.137. The van der Waals surface area contributed by atoms with Gasteiger partial charge in [-0.15, -0.1) is 0 Å². The molecule has 0 unspecified atom stereocenters. The van der Waals surface area contributed by atoms with Crippen LogP contribution in [-0.2, 0) is 19.1 Å². The maximum atomic E-state index is 12.5. The molecule has 0 aliphatic carbocycles. The number of nitrogens with one attached hydrogen (secondary N) is 1. The van der Waals surface area contributed by atoms with Crippen LogP contribution in [0.15, 0.2) is 41.5 Å². The van der Waals surface area contributed by atoms with Crippen molar-refractivity contribution in [2.24, 2.45) is 0 Å². The highest BCUT2D eigenvalue weighted by Gasteiger charge is 2.29. The van der Waals surface area contributed by atoms with Gasteiger partial charge in [0.05, 0.1) is 5.56 Å². The number of aryl methyl sites for hydroxylation is 1. The van der Waals surface area contributed by atoms with E-state index in [4.69, 9.17) is 0 Å². The minimum atomic E-state index is -4.32. The molecule has 2 aromatic rings. The van der Waals surface area contributed by atoms with Gasteiger partial charge in [0, 0.05) is 25.5 Å². The lowest BCUT2D eigenvalue weighted by Gasteiger charge is -2.09. The van der Waals surface area contributed by atoms with Gasteiger partial charge in [0.25, 0.3) is 5.56 Å². The number of anilines is 1. The second-order valence-corrected chi connectivity index (χ2v) is 4.74. The second kappa shape index (κ2) is 6.64. The SMILES string of the molecule is CCn1ccnc(NCCc2ccc(C(F)(F)F)cc2)c1=O. The number of hydrogen-bond donors (Lipinski definition) is 1. The lowest BCUT2D eigenvalue weighted by atomic mass is 10.1. The highest BCUT2D eigenvalue weighted by atomic mass is 19.4. The van der Waals surface area contributed by atoms with Crippen LogP contribution >= 0.6 is 0 Å². The van der Waals surface area contributed by atoms with Crippen LogP contribution in [0.2, 0.25) is 0 Å². The summed E-state index contributed by atoms with van der Waals surface area (Å²) in [5.41, 5.74) is -0.121. The van der Waals surface area contributed by atoms with Crippen molar-refractivity contribution in [1.82, 2.24) is 9.55 Å². The van der Waals surface area contributed by atoms with Gasteiger partial charge in [-0.05, 0) is 31.0 Å². The zero-order valence-corrected chi connectivity index (χ0v) is 12.0. The van der Waals surface area contributed by atoms with E-state index in [1.54, 1.807) is 6.20 Å². The van der Waals surface area contributed by atoms with Gasteiger partial charge < -0.3 is 9.88 Å². The van der Waals surface area contributed by atoms with Crippen molar-refractivity contribution in [2.75, 3.05) is 11.9 Å². The monoisotopic (exact) mass is 311 g/mol. The van der Waals surface area contributed by atoms with Gasteiger partial charge in [-0.3, -0.25) is 4.79 Å². The molecule has 0 fully saturated rings. The third-order valence-electron chi connectivity index (χ3n) is 3.24. The first-order valence-corrected chi connectivity index (χ1v) is 6.87. The van der Waals surface area contributed by atoms with Crippen molar-refractivity contribution < 1.29 is 13.2 Å². The number of rotatable bonds is 5. The smallest absolute Gasteiger partial charge is 0.365 e. The van der Waals surface area contributed by atoms with Crippen LogP contribution in [0.4, 0.5) is 19.0 Å². The highest BCUT2D eigenvalue weighted by molar-refractivity contribution is 5.32. The first kappa shape index (κ1) is 16.1. The first-order chi connectivity index (χ1) is 10.4. The third-order valence-corrected chi connectivity index (χ3v) is 3.24. The lowest BCUT2D eigenvalue weighted by Crippen LogP contribution is -2.24. The molecule has 1 aromatic carbocycles. The Hall–Kier alpha value is -2.31. The van der Waals surface area contributed by atoms with E-state index in [0.29, 0.717) is 19.5 Å². The normalized spacial score (nSPS) is 11.5. The highest BCUT2D eigenvalue weighted by Crippen LogP contribution is 2.29. The Morgan fingerprint density at radius 2 is 1.91 bits per heavy atom. The van der Waals surface area contributed by atoms with Gasteiger partial charge in [0.1, 0.15) is 0 Å². The molecule has 1 heterocycles. The molecule has 1 aromatic heterocycles. The van der Waals surface area contributed by atoms with Gasteiger partial charge in [0.15, 0.2) is 5.82 Å². The number of aromatic nitrogens is 2. The Kier molecular flexibility index (Phi) is 4.85. The number of nitrogens with zero attached hydrogens (tertiary/aromatic N) is 2. The van der Waals surface area contributed by atoms with Crippen LogP contribution in [0.25, 0.3) is 0 Å². The molecule has 0 aliphatic heterocycles. The Morgan fingerprint density at radius 3 is 2.50 bits per heavy atom. The molecule has 0 aliphatic rings. The minimum absolute atomic E-state index is 0.211. The molecule has 7 heteroatoms. The molecule has 0 atom stereocenters.